The molecule has 1 aromatic heterocycles. The second-order valence-corrected chi connectivity index (χ2v) is 6.38. The van der Waals surface area contributed by atoms with Crippen LogP contribution in [0, 0.1) is 5.92 Å². The van der Waals surface area contributed by atoms with Crippen molar-refractivity contribution in [2.75, 3.05) is 0 Å². The molecule has 0 aliphatic carbocycles. The summed E-state index contributed by atoms with van der Waals surface area (Å²) in [5, 5.41) is 8.87. The van der Waals surface area contributed by atoms with Gasteiger partial charge >= 0.3 is 0 Å². The molecule has 0 bridgehead atoms. The normalized spacial score (nSPS) is 14.2. The zero-order valence-corrected chi connectivity index (χ0v) is 11.2. The molecule has 3 N–H and O–H groups in total. The lowest BCUT2D eigenvalue weighted by Crippen LogP contribution is -2.33. The first-order chi connectivity index (χ1) is 7.85. The van der Waals surface area contributed by atoms with E-state index in [-0.39, 0.29) is 17.5 Å². The van der Waals surface area contributed by atoms with Crippen LogP contribution in [0.4, 0.5) is 0 Å². The van der Waals surface area contributed by atoms with Gasteiger partial charge in [0.25, 0.3) is 0 Å². The third-order valence-corrected chi connectivity index (χ3v) is 3.95. The molecule has 1 heterocycles. The summed E-state index contributed by atoms with van der Waals surface area (Å²) in [6, 6.07) is 1.33. The fourth-order valence-electron chi connectivity index (χ4n) is 1.75. The Balaban J connectivity index is 2.74. The molecule has 17 heavy (non-hydrogen) atoms. The first-order valence-corrected chi connectivity index (χ1v) is 7.14. The number of sulfonamides is 1. The number of aromatic amines is 1. The van der Waals surface area contributed by atoms with Crippen LogP contribution in [0.5, 0.6) is 0 Å². The highest BCUT2D eigenvalue weighted by Gasteiger charge is 2.19. The molecule has 5 nitrogen and oxygen atoms in total. The Hall–Kier alpha value is -0.850. The van der Waals surface area contributed by atoms with Gasteiger partial charge in [0.2, 0.25) is 10.0 Å². The van der Waals surface area contributed by atoms with E-state index in [0.717, 1.165) is 6.42 Å². The number of hydrogen-bond acceptors (Lipinski definition) is 3. The predicted molar refractivity (Wildman–Crippen MR) is 66.0 cm³/mol. The first kappa shape index (κ1) is 14.2. The third-order valence-electron chi connectivity index (χ3n) is 2.38. The van der Waals surface area contributed by atoms with Gasteiger partial charge in [-0.2, -0.15) is 0 Å². The number of H-pyrrole nitrogens is 1. The minimum Gasteiger partial charge on any atom is -0.390 e. The molecule has 0 aromatic carbocycles. The maximum Gasteiger partial charge on any atom is 0.242 e. The second kappa shape index (κ2) is 5.66. The smallest absolute Gasteiger partial charge is 0.242 e. The average molecular weight is 260 g/mol. The zero-order valence-electron chi connectivity index (χ0n) is 10.4. The van der Waals surface area contributed by atoms with Crippen LogP contribution in [0.3, 0.4) is 0 Å². The van der Waals surface area contributed by atoms with Crippen molar-refractivity contribution in [3.05, 3.63) is 18.0 Å². The summed E-state index contributed by atoms with van der Waals surface area (Å²) >= 11 is 0. The van der Waals surface area contributed by atoms with Gasteiger partial charge in [0.1, 0.15) is 0 Å². The van der Waals surface area contributed by atoms with E-state index in [4.69, 9.17) is 5.11 Å². The second-order valence-electron chi connectivity index (χ2n) is 4.67. The Morgan fingerprint density at radius 2 is 2.06 bits per heavy atom. The van der Waals surface area contributed by atoms with Crippen LogP contribution in [0.2, 0.25) is 0 Å². The largest absolute Gasteiger partial charge is 0.390 e. The van der Waals surface area contributed by atoms with E-state index in [2.05, 4.69) is 9.71 Å². The molecule has 0 amide bonds. The molecule has 0 fully saturated rings. The summed E-state index contributed by atoms with van der Waals surface area (Å²) in [4.78, 5) is 2.87. The van der Waals surface area contributed by atoms with Gasteiger partial charge < -0.3 is 10.1 Å². The van der Waals surface area contributed by atoms with Gasteiger partial charge in [-0.15, -0.1) is 0 Å². The van der Waals surface area contributed by atoms with Crippen molar-refractivity contribution in [3.8, 4) is 0 Å². The Labute approximate surface area is 102 Å². The van der Waals surface area contributed by atoms with Crippen LogP contribution in [0.15, 0.2) is 17.2 Å². The summed E-state index contributed by atoms with van der Waals surface area (Å²) < 4.78 is 26.5. The van der Waals surface area contributed by atoms with Gasteiger partial charge in [0.15, 0.2) is 0 Å². The monoisotopic (exact) mass is 260 g/mol. The summed E-state index contributed by atoms with van der Waals surface area (Å²) in [7, 11) is -3.49. The zero-order chi connectivity index (χ0) is 13.1. The van der Waals surface area contributed by atoms with Crippen molar-refractivity contribution >= 4 is 10.0 Å². The molecule has 6 heteroatoms. The fourth-order valence-corrected chi connectivity index (χ4v) is 3.03. The Morgan fingerprint density at radius 3 is 2.53 bits per heavy atom. The van der Waals surface area contributed by atoms with Crippen molar-refractivity contribution in [1.82, 2.24) is 9.71 Å². The maximum absolute atomic E-state index is 11.9. The molecule has 1 atom stereocenters. The van der Waals surface area contributed by atoms with Crippen LogP contribution >= 0.6 is 0 Å². The van der Waals surface area contributed by atoms with Crippen LogP contribution in [-0.4, -0.2) is 24.6 Å². The molecular formula is C11H20N2O3S. The van der Waals surface area contributed by atoms with E-state index in [1.165, 1.54) is 12.3 Å². The van der Waals surface area contributed by atoms with Crippen molar-refractivity contribution in [2.24, 2.45) is 5.92 Å². The van der Waals surface area contributed by atoms with Gasteiger partial charge in [0.05, 0.1) is 11.5 Å². The molecule has 0 saturated carbocycles. The van der Waals surface area contributed by atoms with Crippen LogP contribution in [-0.2, 0) is 16.6 Å². The molecule has 98 valence electrons. The van der Waals surface area contributed by atoms with Gasteiger partial charge in [-0.05, 0) is 25.3 Å². The van der Waals surface area contributed by atoms with Crippen molar-refractivity contribution in [3.63, 3.8) is 0 Å². The molecule has 1 rings (SSSR count). The molecule has 0 radical (unpaired) electrons. The first-order valence-electron chi connectivity index (χ1n) is 5.65. The van der Waals surface area contributed by atoms with Crippen molar-refractivity contribution in [1.29, 1.82) is 0 Å². The number of aliphatic hydroxyl groups excluding tert-OH is 1. The topological polar surface area (TPSA) is 82.2 Å². The Kier molecular flexibility index (Phi) is 4.73. The predicted octanol–water partition coefficient (Wildman–Crippen LogP) is 1.22. The fraction of sp³-hybridized carbons (Fsp3) is 0.636. The lowest BCUT2D eigenvalue weighted by molar-refractivity contribution is 0.277. The summed E-state index contributed by atoms with van der Waals surface area (Å²) in [5.41, 5.74) is 0.488. The van der Waals surface area contributed by atoms with E-state index < -0.39 is 10.0 Å². The lowest BCUT2D eigenvalue weighted by Gasteiger charge is -2.15. The van der Waals surface area contributed by atoms with E-state index in [1.54, 1.807) is 0 Å². The van der Waals surface area contributed by atoms with Crippen molar-refractivity contribution < 1.29 is 13.5 Å². The molecular weight excluding hydrogens is 240 g/mol. The van der Waals surface area contributed by atoms with Gasteiger partial charge in [-0.1, -0.05) is 13.8 Å². The quantitative estimate of drug-likeness (QED) is 0.719. The van der Waals surface area contributed by atoms with Crippen LogP contribution < -0.4 is 4.72 Å². The van der Waals surface area contributed by atoms with Gasteiger partial charge in [-0.3, -0.25) is 0 Å². The number of hydrogen-bond donors (Lipinski definition) is 3. The molecule has 1 aromatic rings. The molecule has 0 saturated heterocycles. The van der Waals surface area contributed by atoms with Gasteiger partial charge in [-0.25, -0.2) is 13.1 Å². The van der Waals surface area contributed by atoms with Crippen molar-refractivity contribution in [2.45, 2.75) is 44.7 Å². The molecule has 1 unspecified atom stereocenters. The highest BCUT2D eigenvalue weighted by atomic mass is 32.2. The van der Waals surface area contributed by atoms with E-state index in [0.29, 0.717) is 11.6 Å². The van der Waals surface area contributed by atoms with Crippen LogP contribution in [0.25, 0.3) is 0 Å². The highest BCUT2D eigenvalue weighted by Crippen LogP contribution is 2.13. The summed E-state index contributed by atoms with van der Waals surface area (Å²) in [6.45, 7) is 5.74. The number of nitrogens with one attached hydrogen (secondary N) is 2. The Bertz CT molecular complexity index is 451. The number of aromatic nitrogens is 1. The summed E-state index contributed by atoms with van der Waals surface area (Å²) in [6.07, 6.45) is 2.17. The standard InChI is InChI=1S/C11H20N2O3S/c1-8(2)4-9(3)13-17(15,16)11-5-10(7-14)12-6-11/h5-6,8-9,12-14H,4,7H2,1-3H3. The minimum absolute atomic E-state index is 0.104. The molecule has 0 aliphatic rings. The average Bonchev–Trinajstić information content (AvgIpc) is 2.63. The SMILES string of the molecule is CC(C)CC(C)NS(=O)(=O)c1c[nH]c(CO)c1. The molecule has 0 aliphatic heterocycles. The van der Waals surface area contributed by atoms with Gasteiger partial charge in [0, 0.05) is 17.9 Å². The number of rotatable bonds is 6. The highest BCUT2D eigenvalue weighted by molar-refractivity contribution is 7.89. The van der Waals surface area contributed by atoms with E-state index in [9.17, 15) is 8.42 Å². The third kappa shape index (κ3) is 4.14. The maximum atomic E-state index is 11.9. The summed E-state index contributed by atoms with van der Waals surface area (Å²) in [5.74, 6) is 0.437. The number of aliphatic hydroxyl groups is 1. The lowest BCUT2D eigenvalue weighted by atomic mass is 10.1. The van der Waals surface area contributed by atoms with Crippen LogP contribution in [0.1, 0.15) is 32.9 Å². The van der Waals surface area contributed by atoms with E-state index in [1.807, 2.05) is 20.8 Å². The minimum atomic E-state index is -3.49. The Morgan fingerprint density at radius 1 is 1.41 bits per heavy atom. The molecule has 0 spiro atoms. The van der Waals surface area contributed by atoms with E-state index >= 15 is 0 Å².